The Morgan fingerprint density at radius 1 is 1.32 bits per heavy atom. The third-order valence-electron chi connectivity index (χ3n) is 4.91. The predicted molar refractivity (Wildman–Crippen MR) is 109 cm³/mol. The smallest absolute Gasteiger partial charge is 0.251 e. The lowest BCUT2D eigenvalue weighted by Crippen LogP contribution is -2.39. The van der Waals surface area contributed by atoms with Crippen molar-refractivity contribution in [1.29, 1.82) is 0 Å². The molecule has 1 aromatic carbocycles. The number of amides is 1. The van der Waals surface area contributed by atoms with Crippen LogP contribution in [0.4, 0.5) is 0 Å². The minimum absolute atomic E-state index is 0.0265. The molecule has 2 aromatic rings. The van der Waals surface area contributed by atoms with E-state index in [1.54, 1.807) is 12.3 Å². The van der Waals surface area contributed by atoms with Gasteiger partial charge in [-0.1, -0.05) is 24.6 Å². The van der Waals surface area contributed by atoms with E-state index in [-0.39, 0.29) is 27.4 Å². The first-order valence-corrected chi connectivity index (χ1v) is 11.1. The molecule has 0 spiro atoms. The second-order valence-corrected chi connectivity index (χ2v) is 9.52. The third kappa shape index (κ3) is 4.54. The lowest BCUT2D eigenvalue weighted by atomic mass is 10.0. The van der Waals surface area contributed by atoms with Gasteiger partial charge in [0.05, 0.1) is 16.8 Å². The second kappa shape index (κ2) is 8.59. The van der Waals surface area contributed by atoms with Gasteiger partial charge < -0.3 is 5.32 Å². The molecule has 8 heteroatoms. The zero-order valence-electron chi connectivity index (χ0n) is 15.9. The number of nitrogens with one attached hydrogen (secondary N) is 1. The lowest BCUT2D eigenvalue weighted by molar-refractivity contribution is 0.0939. The number of benzene rings is 1. The number of hydrogen-bond donors (Lipinski definition) is 1. The van der Waals surface area contributed by atoms with Crippen molar-refractivity contribution in [3.05, 3.63) is 58.9 Å². The van der Waals surface area contributed by atoms with E-state index in [1.165, 1.54) is 22.5 Å². The molecule has 0 bridgehead atoms. The van der Waals surface area contributed by atoms with Crippen molar-refractivity contribution in [3.63, 3.8) is 0 Å². The summed E-state index contributed by atoms with van der Waals surface area (Å²) in [4.78, 5) is 16.9. The molecule has 6 nitrogen and oxygen atoms in total. The first kappa shape index (κ1) is 20.8. The Morgan fingerprint density at radius 2 is 2.11 bits per heavy atom. The fourth-order valence-corrected chi connectivity index (χ4v) is 5.43. The highest BCUT2D eigenvalue weighted by molar-refractivity contribution is 7.89. The van der Waals surface area contributed by atoms with Crippen molar-refractivity contribution >= 4 is 27.5 Å². The van der Waals surface area contributed by atoms with Crippen molar-refractivity contribution in [2.24, 2.45) is 5.92 Å². The summed E-state index contributed by atoms with van der Waals surface area (Å²) in [6, 6.07) is 9.50. The molecule has 1 aromatic heterocycles. The van der Waals surface area contributed by atoms with Crippen molar-refractivity contribution in [1.82, 2.24) is 14.6 Å². The standard InChI is InChI=1S/C20H24ClN3O3S/c1-14-6-5-11-24(13-14)28(26,27)19-12-16(8-9-17(19)21)20(25)23-15(2)18-7-3-4-10-22-18/h3-4,7-10,12,14-15H,5-6,11,13H2,1-2H3,(H,23,25)/t14-,15+/m1/s1. The molecule has 0 saturated carbocycles. The molecular formula is C20H24ClN3O3S. The molecule has 1 N–H and O–H groups in total. The number of pyridine rings is 1. The van der Waals surface area contributed by atoms with E-state index in [9.17, 15) is 13.2 Å². The van der Waals surface area contributed by atoms with E-state index >= 15 is 0 Å². The van der Waals surface area contributed by atoms with Gasteiger partial charge in [0, 0.05) is 24.8 Å². The zero-order chi connectivity index (χ0) is 20.3. The van der Waals surface area contributed by atoms with Crippen LogP contribution in [0, 0.1) is 5.92 Å². The van der Waals surface area contributed by atoms with Gasteiger partial charge in [0.15, 0.2) is 0 Å². The zero-order valence-corrected chi connectivity index (χ0v) is 17.5. The quantitative estimate of drug-likeness (QED) is 0.799. The van der Waals surface area contributed by atoms with E-state index in [0.29, 0.717) is 19.0 Å². The van der Waals surface area contributed by atoms with Gasteiger partial charge in [-0.05, 0) is 56.0 Å². The summed E-state index contributed by atoms with van der Waals surface area (Å²) in [5.74, 6) is -0.0775. The highest BCUT2D eigenvalue weighted by Crippen LogP contribution is 2.29. The average molecular weight is 422 g/mol. The molecule has 150 valence electrons. The molecule has 2 atom stereocenters. The van der Waals surface area contributed by atoms with Crippen LogP contribution in [0.15, 0.2) is 47.5 Å². The molecule has 28 heavy (non-hydrogen) atoms. The van der Waals surface area contributed by atoms with E-state index in [0.717, 1.165) is 18.5 Å². The first-order chi connectivity index (χ1) is 13.3. The van der Waals surface area contributed by atoms with Crippen molar-refractivity contribution in [2.45, 2.75) is 37.6 Å². The lowest BCUT2D eigenvalue weighted by Gasteiger charge is -2.30. The number of hydrogen-bond acceptors (Lipinski definition) is 4. The van der Waals surface area contributed by atoms with Crippen molar-refractivity contribution in [3.8, 4) is 0 Å². The Labute approximate surface area is 171 Å². The minimum Gasteiger partial charge on any atom is -0.344 e. The fraction of sp³-hybridized carbons (Fsp3) is 0.400. The largest absolute Gasteiger partial charge is 0.344 e. The Hall–Kier alpha value is -1.96. The van der Waals surface area contributed by atoms with Gasteiger partial charge in [-0.25, -0.2) is 8.42 Å². The summed E-state index contributed by atoms with van der Waals surface area (Å²) < 4.78 is 27.6. The van der Waals surface area contributed by atoms with Crippen molar-refractivity contribution in [2.75, 3.05) is 13.1 Å². The van der Waals surface area contributed by atoms with Gasteiger partial charge in [-0.2, -0.15) is 4.31 Å². The molecule has 1 aliphatic heterocycles. The molecule has 2 heterocycles. The highest BCUT2D eigenvalue weighted by atomic mass is 35.5. The third-order valence-corrected chi connectivity index (χ3v) is 7.26. The SMILES string of the molecule is C[C@@H]1CCCN(S(=O)(=O)c2cc(C(=O)N[C@@H](C)c3ccccn3)ccc2Cl)C1. The van der Waals surface area contributed by atoms with Crippen LogP contribution in [0.25, 0.3) is 0 Å². The summed E-state index contributed by atoms with van der Waals surface area (Å²) in [5.41, 5.74) is 0.968. The normalized spacial score (nSPS) is 19.2. The van der Waals surface area contributed by atoms with Crippen LogP contribution in [0.5, 0.6) is 0 Å². The van der Waals surface area contributed by atoms with Crippen LogP contribution >= 0.6 is 11.6 Å². The van der Waals surface area contributed by atoms with Crippen LogP contribution < -0.4 is 5.32 Å². The van der Waals surface area contributed by atoms with Crippen molar-refractivity contribution < 1.29 is 13.2 Å². The number of carbonyl (C=O) groups is 1. The number of carbonyl (C=O) groups excluding carboxylic acids is 1. The van der Waals surface area contributed by atoms with E-state index in [4.69, 9.17) is 11.6 Å². The molecule has 1 aliphatic rings. The maximum absolute atomic E-state index is 13.1. The number of piperidine rings is 1. The Morgan fingerprint density at radius 3 is 2.79 bits per heavy atom. The Balaban J connectivity index is 1.83. The Bertz CT molecular complexity index is 950. The number of aromatic nitrogens is 1. The monoisotopic (exact) mass is 421 g/mol. The fourth-order valence-electron chi connectivity index (χ4n) is 3.33. The molecule has 0 unspecified atom stereocenters. The van der Waals surface area contributed by atoms with Crippen LogP contribution in [-0.4, -0.2) is 36.7 Å². The maximum atomic E-state index is 13.1. The van der Waals surface area contributed by atoms with E-state index < -0.39 is 10.0 Å². The summed E-state index contributed by atoms with van der Waals surface area (Å²) in [6.45, 7) is 4.79. The van der Waals surface area contributed by atoms with Gasteiger partial charge in [-0.3, -0.25) is 9.78 Å². The molecule has 1 saturated heterocycles. The van der Waals surface area contributed by atoms with Gasteiger partial charge >= 0.3 is 0 Å². The van der Waals surface area contributed by atoms with Gasteiger partial charge in [0.25, 0.3) is 5.91 Å². The predicted octanol–water partition coefficient (Wildman–Crippen LogP) is 3.65. The van der Waals surface area contributed by atoms with E-state index in [1.807, 2.05) is 26.0 Å². The molecule has 0 radical (unpaired) electrons. The topological polar surface area (TPSA) is 79.4 Å². The Kier molecular flexibility index (Phi) is 6.37. The van der Waals surface area contributed by atoms with E-state index in [2.05, 4.69) is 10.3 Å². The van der Waals surface area contributed by atoms with Gasteiger partial charge in [0.1, 0.15) is 4.90 Å². The molecule has 1 amide bonds. The molecule has 0 aliphatic carbocycles. The van der Waals surface area contributed by atoms with Gasteiger partial charge in [0.2, 0.25) is 10.0 Å². The van der Waals surface area contributed by atoms with Crippen LogP contribution in [0.2, 0.25) is 5.02 Å². The summed E-state index contributed by atoms with van der Waals surface area (Å²) in [5, 5.41) is 2.96. The summed E-state index contributed by atoms with van der Waals surface area (Å²) >= 11 is 6.20. The first-order valence-electron chi connectivity index (χ1n) is 9.30. The minimum atomic E-state index is -3.75. The number of halogens is 1. The van der Waals surface area contributed by atoms with Gasteiger partial charge in [-0.15, -0.1) is 0 Å². The average Bonchev–Trinajstić information content (AvgIpc) is 2.68. The highest BCUT2D eigenvalue weighted by Gasteiger charge is 2.31. The van der Waals surface area contributed by atoms with Crippen LogP contribution in [-0.2, 0) is 10.0 Å². The summed E-state index contributed by atoms with van der Waals surface area (Å²) in [7, 11) is -3.75. The number of nitrogens with zero attached hydrogens (tertiary/aromatic N) is 2. The molecular weight excluding hydrogens is 398 g/mol. The number of rotatable bonds is 5. The number of sulfonamides is 1. The van der Waals surface area contributed by atoms with Crippen LogP contribution in [0.1, 0.15) is 48.8 Å². The summed E-state index contributed by atoms with van der Waals surface area (Å²) in [6.07, 6.45) is 3.48. The molecule has 1 fully saturated rings. The molecule has 3 rings (SSSR count). The van der Waals surface area contributed by atoms with Crippen LogP contribution in [0.3, 0.4) is 0 Å². The maximum Gasteiger partial charge on any atom is 0.251 e. The second-order valence-electron chi connectivity index (χ2n) is 7.21.